The van der Waals surface area contributed by atoms with E-state index in [1.807, 2.05) is 18.2 Å². The lowest BCUT2D eigenvalue weighted by Crippen LogP contribution is -2.22. The number of allylic oxidation sites excluding steroid dienone is 1. The van der Waals surface area contributed by atoms with Gasteiger partial charge in [-0.1, -0.05) is 30.3 Å². The van der Waals surface area contributed by atoms with Crippen molar-refractivity contribution in [3.05, 3.63) is 102 Å². The minimum atomic E-state index is -0.510. The molecule has 6 heteroatoms. The van der Waals surface area contributed by atoms with Gasteiger partial charge in [0.2, 0.25) is 5.91 Å². The first-order valence-electron chi connectivity index (χ1n) is 10.5. The molecule has 0 saturated heterocycles. The molecule has 1 heterocycles. The number of aromatic nitrogens is 2. The van der Waals surface area contributed by atoms with Crippen LogP contribution in [0.4, 0.5) is 8.78 Å². The second-order valence-corrected chi connectivity index (χ2v) is 7.95. The quantitative estimate of drug-likeness (QED) is 0.389. The molecule has 0 aliphatic heterocycles. The molecular weight excluding hydrogens is 396 g/mol. The summed E-state index contributed by atoms with van der Waals surface area (Å²) in [5, 5.41) is 2.89. The summed E-state index contributed by atoms with van der Waals surface area (Å²) < 4.78 is 27.8. The van der Waals surface area contributed by atoms with Crippen LogP contribution in [0.25, 0.3) is 0 Å². The topological polar surface area (TPSA) is 57.8 Å². The number of nitrogens with one attached hydrogen (secondary N) is 2. The zero-order valence-corrected chi connectivity index (χ0v) is 17.2. The summed E-state index contributed by atoms with van der Waals surface area (Å²) in [7, 11) is 0. The molecule has 1 aliphatic rings. The van der Waals surface area contributed by atoms with Gasteiger partial charge in [-0.15, -0.1) is 0 Å². The van der Waals surface area contributed by atoms with Crippen LogP contribution in [0.2, 0.25) is 0 Å². The Balaban J connectivity index is 1.37. The Morgan fingerprint density at radius 3 is 2.45 bits per heavy atom. The van der Waals surface area contributed by atoms with E-state index in [2.05, 4.69) is 15.3 Å². The van der Waals surface area contributed by atoms with E-state index in [-0.39, 0.29) is 23.5 Å². The van der Waals surface area contributed by atoms with Crippen LogP contribution in [-0.2, 0) is 16.6 Å². The minimum Gasteiger partial charge on any atom is -0.353 e. The number of carbonyl (C=O) groups excluding carboxylic acids is 1. The van der Waals surface area contributed by atoms with Crippen molar-refractivity contribution in [2.24, 2.45) is 5.92 Å². The zero-order chi connectivity index (χ0) is 21.7. The molecule has 1 saturated carbocycles. The van der Waals surface area contributed by atoms with Crippen LogP contribution in [0, 0.1) is 17.6 Å². The molecule has 0 spiro atoms. The molecule has 1 atom stereocenters. The summed E-state index contributed by atoms with van der Waals surface area (Å²) in [4.78, 5) is 19.5. The average Bonchev–Trinajstić information content (AvgIpc) is 3.27. The fourth-order valence-corrected chi connectivity index (χ4v) is 4.21. The van der Waals surface area contributed by atoms with Crippen LogP contribution >= 0.6 is 0 Å². The number of amides is 1. The largest absolute Gasteiger partial charge is 0.353 e. The predicted molar refractivity (Wildman–Crippen MR) is 115 cm³/mol. The Hall–Kier alpha value is -3.28. The number of imidazole rings is 1. The lowest BCUT2D eigenvalue weighted by Gasteiger charge is -2.18. The number of H-pyrrole nitrogens is 1. The highest BCUT2D eigenvalue weighted by molar-refractivity contribution is 5.87. The molecule has 0 bridgehead atoms. The van der Waals surface area contributed by atoms with Gasteiger partial charge in [-0.2, -0.15) is 0 Å². The number of nitrogens with zero attached hydrogens (tertiary/aromatic N) is 1. The van der Waals surface area contributed by atoms with Gasteiger partial charge in [0.1, 0.15) is 17.5 Å². The Labute approximate surface area is 180 Å². The van der Waals surface area contributed by atoms with Gasteiger partial charge in [0.05, 0.1) is 0 Å². The summed E-state index contributed by atoms with van der Waals surface area (Å²) in [5.74, 6) is 0.148. The average molecular weight is 421 g/mol. The lowest BCUT2D eigenvalue weighted by molar-refractivity contribution is -0.116. The summed E-state index contributed by atoms with van der Waals surface area (Å²) in [6.45, 7) is 0.591. The van der Waals surface area contributed by atoms with E-state index < -0.39 is 5.41 Å². The SMILES string of the molecule is O=C(C=C[C@@H]1CC1(c1cccc(F)c1)c1cccc(F)c1)NCCCCc1ncc[nH]1. The Morgan fingerprint density at radius 1 is 1.13 bits per heavy atom. The normalized spacial score (nSPS) is 17.0. The van der Waals surface area contributed by atoms with E-state index in [0.29, 0.717) is 13.0 Å². The highest BCUT2D eigenvalue weighted by Crippen LogP contribution is 2.59. The highest BCUT2D eigenvalue weighted by atomic mass is 19.1. The van der Waals surface area contributed by atoms with Crippen LogP contribution in [0.15, 0.2) is 73.1 Å². The van der Waals surface area contributed by atoms with Gasteiger partial charge in [-0.3, -0.25) is 4.79 Å². The molecule has 0 radical (unpaired) electrons. The third kappa shape index (κ3) is 4.90. The minimum absolute atomic E-state index is 0.000743. The molecule has 1 aromatic heterocycles. The lowest BCUT2D eigenvalue weighted by atomic mass is 9.85. The van der Waals surface area contributed by atoms with E-state index in [1.54, 1.807) is 24.5 Å². The van der Waals surface area contributed by atoms with E-state index in [9.17, 15) is 13.6 Å². The molecule has 0 unspecified atom stereocenters. The standard InChI is InChI=1S/C25H25F2N3O/c26-21-7-3-5-18(15-21)25(19-6-4-8-22(27)16-19)17-20(25)10-11-24(31)30-12-2-1-9-23-28-13-14-29-23/h3-8,10-11,13-16,20H,1-2,9,12,17H2,(H,28,29)(H,30,31)/t20-/m1/s1. The summed E-state index contributed by atoms with van der Waals surface area (Å²) in [6, 6.07) is 12.8. The third-order valence-electron chi connectivity index (χ3n) is 5.87. The fraction of sp³-hybridized carbons (Fsp3) is 0.280. The molecule has 1 amide bonds. The van der Waals surface area contributed by atoms with Crippen molar-refractivity contribution >= 4 is 5.91 Å². The van der Waals surface area contributed by atoms with Crippen LogP contribution in [0.5, 0.6) is 0 Å². The number of carbonyl (C=O) groups is 1. The van der Waals surface area contributed by atoms with Gasteiger partial charge >= 0.3 is 0 Å². The van der Waals surface area contributed by atoms with Crippen molar-refractivity contribution in [3.8, 4) is 0 Å². The summed E-state index contributed by atoms with van der Waals surface area (Å²) in [5.41, 5.74) is 1.08. The molecule has 4 rings (SSSR count). The first-order valence-corrected chi connectivity index (χ1v) is 10.5. The van der Waals surface area contributed by atoms with Gasteiger partial charge in [0.25, 0.3) is 0 Å². The van der Waals surface area contributed by atoms with Gasteiger partial charge in [0.15, 0.2) is 0 Å². The fourth-order valence-electron chi connectivity index (χ4n) is 4.21. The molecule has 2 aromatic carbocycles. The van der Waals surface area contributed by atoms with Crippen molar-refractivity contribution < 1.29 is 13.6 Å². The van der Waals surface area contributed by atoms with Crippen molar-refractivity contribution in [3.63, 3.8) is 0 Å². The van der Waals surface area contributed by atoms with E-state index >= 15 is 0 Å². The van der Waals surface area contributed by atoms with E-state index in [1.165, 1.54) is 30.3 Å². The van der Waals surface area contributed by atoms with Crippen LogP contribution < -0.4 is 5.32 Å². The van der Waals surface area contributed by atoms with Crippen molar-refractivity contribution in [1.29, 1.82) is 0 Å². The highest BCUT2D eigenvalue weighted by Gasteiger charge is 2.55. The van der Waals surface area contributed by atoms with Gasteiger partial charge in [-0.05, 0) is 66.6 Å². The van der Waals surface area contributed by atoms with Crippen molar-refractivity contribution in [1.82, 2.24) is 15.3 Å². The monoisotopic (exact) mass is 421 g/mol. The Kier molecular flexibility index (Phi) is 6.26. The number of hydrogen-bond donors (Lipinski definition) is 2. The van der Waals surface area contributed by atoms with Crippen LogP contribution in [0.1, 0.15) is 36.2 Å². The number of hydrogen-bond acceptors (Lipinski definition) is 2. The molecule has 160 valence electrons. The number of aryl methyl sites for hydroxylation is 1. The summed E-state index contributed by atoms with van der Waals surface area (Å²) in [6.07, 6.45) is 10.3. The molecular formula is C25H25F2N3O. The molecule has 3 aromatic rings. The number of benzene rings is 2. The second kappa shape index (κ2) is 9.25. The van der Waals surface area contributed by atoms with Crippen LogP contribution in [0.3, 0.4) is 0 Å². The number of aromatic amines is 1. The van der Waals surface area contributed by atoms with Crippen molar-refractivity contribution in [2.75, 3.05) is 6.54 Å². The number of unbranched alkanes of at least 4 members (excludes halogenated alkanes) is 1. The Morgan fingerprint density at radius 2 is 1.84 bits per heavy atom. The zero-order valence-electron chi connectivity index (χ0n) is 17.2. The van der Waals surface area contributed by atoms with Gasteiger partial charge in [0, 0.05) is 30.8 Å². The predicted octanol–water partition coefficient (Wildman–Crippen LogP) is 4.69. The van der Waals surface area contributed by atoms with E-state index in [4.69, 9.17) is 0 Å². The van der Waals surface area contributed by atoms with Gasteiger partial charge < -0.3 is 10.3 Å². The third-order valence-corrected chi connectivity index (χ3v) is 5.87. The second-order valence-electron chi connectivity index (χ2n) is 7.95. The first-order chi connectivity index (χ1) is 15.1. The smallest absolute Gasteiger partial charge is 0.243 e. The Bertz CT molecular complexity index is 1020. The summed E-state index contributed by atoms with van der Waals surface area (Å²) >= 11 is 0. The van der Waals surface area contributed by atoms with E-state index in [0.717, 1.165) is 36.2 Å². The molecule has 2 N–H and O–H groups in total. The maximum Gasteiger partial charge on any atom is 0.243 e. The van der Waals surface area contributed by atoms with Crippen LogP contribution in [-0.4, -0.2) is 22.4 Å². The molecule has 31 heavy (non-hydrogen) atoms. The maximum atomic E-state index is 13.9. The maximum absolute atomic E-state index is 13.9. The number of halogens is 2. The van der Waals surface area contributed by atoms with Gasteiger partial charge in [-0.25, -0.2) is 13.8 Å². The first kappa shape index (κ1) is 21.0. The van der Waals surface area contributed by atoms with Crippen molar-refractivity contribution in [2.45, 2.75) is 31.1 Å². The molecule has 4 nitrogen and oxygen atoms in total. The molecule has 1 fully saturated rings. The molecule has 1 aliphatic carbocycles. The number of rotatable bonds is 9.